The highest BCUT2D eigenvalue weighted by Gasteiger charge is 2.03. The first-order valence-electron chi connectivity index (χ1n) is 6.96. The average molecular weight is 311 g/mol. The Morgan fingerprint density at radius 2 is 1.96 bits per heavy atom. The van der Waals surface area contributed by atoms with Crippen molar-refractivity contribution in [1.29, 1.82) is 0 Å². The van der Waals surface area contributed by atoms with Gasteiger partial charge in [-0.15, -0.1) is 0 Å². The van der Waals surface area contributed by atoms with Crippen LogP contribution in [0.3, 0.4) is 0 Å². The van der Waals surface area contributed by atoms with Gasteiger partial charge in [-0.05, 0) is 48.9 Å². The number of carbonyl (C=O) groups is 2. The van der Waals surface area contributed by atoms with Crippen molar-refractivity contribution in [3.05, 3.63) is 65.2 Å². The number of hydrogen-bond acceptors (Lipinski definition) is 4. The largest absolute Gasteiger partial charge is 0.484 e. The molecule has 0 heterocycles. The number of ether oxygens (including phenoxy) is 1. The van der Waals surface area contributed by atoms with E-state index in [4.69, 9.17) is 10.5 Å². The Morgan fingerprint density at radius 1 is 1.22 bits per heavy atom. The number of carbonyl (C=O) groups excluding carboxylic acids is 2. The van der Waals surface area contributed by atoms with E-state index in [1.54, 1.807) is 36.4 Å². The van der Waals surface area contributed by atoms with Crippen molar-refractivity contribution in [3.63, 3.8) is 0 Å². The Kier molecular flexibility index (Phi) is 5.46. The van der Waals surface area contributed by atoms with Crippen LogP contribution in [0.5, 0.6) is 5.75 Å². The molecular formula is C17H17N3O3. The molecule has 2 aromatic rings. The molecular weight excluding hydrogens is 294 g/mol. The fourth-order valence-electron chi connectivity index (χ4n) is 1.82. The van der Waals surface area contributed by atoms with Crippen LogP contribution >= 0.6 is 0 Å². The van der Waals surface area contributed by atoms with Crippen molar-refractivity contribution in [1.82, 2.24) is 5.43 Å². The maximum absolute atomic E-state index is 11.9. The summed E-state index contributed by atoms with van der Waals surface area (Å²) in [6.07, 6.45) is 1.52. The Bertz CT molecular complexity index is 724. The number of nitrogens with one attached hydrogen (secondary N) is 1. The van der Waals surface area contributed by atoms with Crippen LogP contribution in [0.25, 0.3) is 0 Å². The zero-order chi connectivity index (χ0) is 16.7. The van der Waals surface area contributed by atoms with Crippen LogP contribution in [0.4, 0.5) is 0 Å². The van der Waals surface area contributed by atoms with Crippen molar-refractivity contribution in [2.45, 2.75) is 6.92 Å². The Hall–Kier alpha value is -3.15. The Balaban J connectivity index is 1.90. The summed E-state index contributed by atoms with van der Waals surface area (Å²) in [5, 5.41) is 3.91. The summed E-state index contributed by atoms with van der Waals surface area (Å²) < 4.78 is 5.15. The van der Waals surface area contributed by atoms with Crippen molar-refractivity contribution in [2.24, 2.45) is 10.8 Å². The molecule has 23 heavy (non-hydrogen) atoms. The molecule has 2 aromatic carbocycles. The summed E-state index contributed by atoms with van der Waals surface area (Å²) in [6.45, 7) is 1.75. The van der Waals surface area contributed by atoms with Crippen molar-refractivity contribution in [3.8, 4) is 5.75 Å². The summed E-state index contributed by atoms with van der Waals surface area (Å²) in [5.74, 6) is -0.273. The highest BCUT2D eigenvalue weighted by molar-refractivity contribution is 5.95. The van der Waals surface area contributed by atoms with E-state index in [0.717, 1.165) is 11.1 Å². The van der Waals surface area contributed by atoms with Gasteiger partial charge >= 0.3 is 0 Å². The van der Waals surface area contributed by atoms with E-state index < -0.39 is 5.91 Å². The number of primary amides is 1. The second-order valence-electron chi connectivity index (χ2n) is 4.89. The summed E-state index contributed by atoms with van der Waals surface area (Å²) in [7, 11) is 0. The standard InChI is InChI=1S/C17H17N3O3/c1-12-3-2-4-14(9-12)17(22)20-19-10-13-5-7-15(8-6-13)23-11-16(18)21/h2-10H,11H2,1H3,(H2,18,21)(H,20,22)/b19-10+. The molecule has 0 fully saturated rings. The topological polar surface area (TPSA) is 93.8 Å². The van der Waals surface area contributed by atoms with E-state index in [1.807, 2.05) is 19.1 Å². The fraction of sp³-hybridized carbons (Fsp3) is 0.118. The van der Waals surface area contributed by atoms with Gasteiger partial charge in [0.1, 0.15) is 5.75 Å². The quantitative estimate of drug-likeness (QED) is 0.627. The molecule has 0 unspecified atom stereocenters. The third-order valence-electron chi connectivity index (χ3n) is 2.92. The number of amides is 2. The van der Waals surface area contributed by atoms with Gasteiger partial charge < -0.3 is 10.5 Å². The van der Waals surface area contributed by atoms with Crippen LogP contribution in [0.2, 0.25) is 0 Å². The molecule has 0 saturated heterocycles. The number of benzene rings is 2. The lowest BCUT2D eigenvalue weighted by atomic mass is 10.1. The van der Waals surface area contributed by atoms with E-state index in [-0.39, 0.29) is 12.5 Å². The summed E-state index contributed by atoms with van der Waals surface area (Å²) >= 11 is 0. The second-order valence-corrected chi connectivity index (χ2v) is 4.89. The van der Waals surface area contributed by atoms with Gasteiger partial charge in [0, 0.05) is 5.56 Å². The molecule has 0 bridgehead atoms. The predicted molar refractivity (Wildman–Crippen MR) is 87.4 cm³/mol. The second kappa shape index (κ2) is 7.74. The summed E-state index contributed by atoms with van der Waals surface area (Å²) in [6, 6.07) is 14.1. The van der Waals surface area contributed by atoms with Crippen LogP contribution in [0.1, 0.15) is 21.5 Å². The van der Waals surface area contributed by atoms with Crippen molar-refractivity contribution >= 4 is 18.0 Å². The lowest BCUT2D eigenvalue weighted by Gasteiger charge is -2.03. The molecule has 2 amide bonds. The van der Waals surface area contributed by atoms with Gasteiger partial charge in [-0.1, -0.05) is 17.7 Å². The lowest BCUT2D eigenvalue weighted by Crippen LogP contribution is -2.20. The molecule has 3 N–H and O–H groups in total. The highest BCUT2D eigenvalue weighted by Crippen LogP contribution is 2.10. The van der Waals surface area contributed by atoms with Gasteiger partial charge in [0.15, 0.2) is 6.61 Å². The normalized spacial score (nSPS) is 10.5. The molecule has 0 radical (unpaired) electrons. The number of hydrazone groups is 1. The highest BCUT2D eigenvalue weighted by atomic mass is 16.5. The average Bonchev–Trinajstić information content (AvgIpc) is 2.54. The zero-order valence-electron chi connectivity index (χ0n) is 12.7. The monoisotopic (exact) mass is 311 g/mol. The molecule has 6 nitrogen and oxygen atoms in total. The lowest BCUT2D eigenvalue weighted by molar-refractivity contribution is -0.119. The maximum Gasteiger partial charge on any atom is 0.271 e. The molecule has 0 atom stereocenters. The first-order chi connectivity index (χ1) is 11.0. The van der Waals surface area contributed by atoms with Gasteiger partial charge in [0.05, 0.1) is 6.21 Å². The first-order valence-corrected chi connectivity index (χ1v) is 6.96. The minimum atomic E-state index is -0.533. The zero-order valence-corrected chi connectivity index (χ0v) is 12.7. The van der Waals surface area contributed by atoms with Crippen LogP contribution in [-0.4, -0.2) is 24.6 Å². The molecule has 0 aliphatic heterocycles. The maximum atomic E-state index is 11.9. The Morgan fingerprint density at radius 3 is 2.61 bits per heavy atom. The minimum Gasteiger partial charge on any atom is -0.484 e. The molecule has 6 heteroatoms. The number of aryl methyl sites for hydroxylation is 1. The van der Waals surface area contributed by atoms with Crippen LogP contribution in [-0.2, 0) is 4.79 Å². The molecule has 0 spiro atoms. The van der Waals surface area contributed by atoms with Crippen LogP contribution < -0.4 is 15.9 Å². The molecule has 118 valence electrons. The summed E-state index contributed by atoms with van der Waals surface area (Å²) in [4.78, 5) is 22.5. The molecule has 0 aliphatic rings. The van der Waals surface area contributed by atoms with Gasteiger partial charge in [0.2, 0.25) is 0 Å². The molecule has 0 saturated carbocycles. The van der Waals surface area contributed by atoms with Gasteiger partial charge in [-0.3, -0.25) is 9.59 Å². The fourth-order valence-corrected chi connectivity index (χ4v) is 1.82. The van der Waals surface area contributed by atoms with Crippen LogP contribution in [0.15, 0.2) is 53.6 Å². The third-order valence-corrected chi connectivity index (χ3v) is 2.92. The smallest absolute Gasteiger partial charge is 0.271 e. The Labute approximate surface area is 134 Å². The number of rotatable bonds is 6. The number of nitrogens with two attached hydrogens (primary N) is 1. The molecule has 2 rings (SSSR count). The first kappa shape index (κ1) is 16.2. The van der Waals surface area contributed by atoms with E-state index in [0.29, 0.717) is 11.3 Å². The minimum absolute atomic E-state index is 0.167. The van der Waals surface area contributed by atoms with E-state index in [9.17, 15) is 9.59 Å². The van der Waals surface area contributed by atoms with E-state index in [2.05, 4.69) is 10.5 Å². The summed E-state index contributed by atoms with van der Waals surface area (Å²) in [5.41, 5.74) is 9.80. The molecule has 0 aliphatic carbocycles. The van der Waals surface area contributed by atoms with Crippen molar-refractivity contribution in [2.75, 3.05) is 6.61 Å². The number of nitrogens with zero attached hydrogens (tertiary/aromatic N) is 1. The SMILES string of the molecule is Cc1cccc(C(=O)N/N=C/c2ccc(OCC(N)=O)cc2)c1. The van der Waals surface area contributed by atoms with Gasteiger partial charge in [-0.2, -0.15) is 5.10 Å². The van der Waals surface area contributed by atoms with Crippen molar-refractivity contribution < 1.29 is 14.3 Å². The third kappa shape index (κ3) is 5.28. The predicted octanol–water partition coefficient (Wildman–Crippen LogP) is 1.62. The van der Waals surface area contributed by atoms with Gasteiger partial charge in [0.25, 0.3) is 11.8 Å². The van der Waals surface area contributed by atoms with Gasteiger partial charge in [-0.25, -0.2) is 5.43 Å². The number of hydrogen-bond donors (Lipinski definition) is 2. The molecule has 0 aromatic heterocycles. The van der Waals surface area contributed by atoms with Crippen LogP contribution in [0, 0.1) is 6.92 Å². The van der Waals surface area contributed by atoms with E-state index >= 15 is 0 Å². The van der Waals surface area contributed by atoms with E-state index in [1.165, 1.54) is 6.21 Å².